The van der Waals surface area contributed by atoms with Gasteiger partial charge in [-0.15, -0.1) is 0 Å². The Morgan fingerprint density at radius 2 is 2.05 bits per heavy atom. The molecule has 1 aliphatic rings. The van der Waals surface area contributed by atoms with Crippen molar-refractivity contribution in [3.63, 3.8) is 0 Å². The number of hydrogen-bond acceptors (Lipinski definition) is 1. The molecule has 20 heavy (non-hydrogen) atoms. The molecule has 1 rings (SSSR count). The highest BCUT2D eigenvalue weighted by molar-refractivity contribution is 5.73. The second-order valence-corrected chi connectivity index (χ2v) is 6.99. The lowest BCUT2D eigenvalue weighted by Crippen LogP contribution is -3.05. The molecule has 0 unspecified atom stereocenters. The van der Waals surface area contributed by atoms with E-state index in [1.165, 1.54) is 16.9 Å². The Kier molecular flexibility index (Phi) is 6.74. The van der Waals surface area contributed by atoms with E-state index in [0.717, 1.165) is 26.1 Å². The fourth-order valence-corrected chi connectivity index (χ4v) is 3.42. The lowest BCUT2D eigenvalue weighted by atomic mass is 9.74. The number of carbonyl (C=O) groups is 1. The number of carbonyl (C=O) groups excluding carboxylic acids is 1. The lowest BCUT2D eigenvalue weighted by Gasteiger charge is -2.36. The van der Waals surface area contributed by atoms with E-state index in [-0.39, 0.29) is 5.91 Å². The molecule has 116 valence electrons. The summed E-state index contributed by atoms with van der Waals surface area (Å²) >= 11 is 0. The second kappa shape index (κ2) is 7.82. The second-order valence-electron chi connectivity index (χ2n) is 6.99. The first-order valence-electron chi connectivity index (χ1n) is 8.03. The minimum atomic E-state index is 0.226. The van der Waals surface area contributed by atoms with Crippen LogP contribution in [0.5, 0.6) is 0 Å². The summed E-state index contributed by atoms with van der Waals surface area (Å²) in [5, 5.41) is 0. The average Bonchev–Trinajstić information content (AvgIpc) is 2.30. The standard InChI is InChI=1S/C17H32N2O/c1-13-10-14(2)17(15(3)11-13)12-19(16(4)20)9-7-8-18(5)6/h10,14-15,17H,7-9,11-12H2,1-6H3/p+1/t14-,15+,17+/m1/s1. The number of quaternary nitrogens is 1. The summed E-state index contributed by atoms with van der Waals surface area (Å²) in [6.45, 7) is 11.5. The van der Waals surface area contributed by atoms with Crippen LogP contribution in [-0.4, -0.2) is 44.5 Å². The monoisotopic (exact) mass is 281 g/mol. The highest BCUT2D eigenvalue weighted by Gasteiger charge is 2.29. The van der Waals surface area contributed by atoms with Crippen LogP contribution >= 0.6 is 0 Å². The molecule has 3 nitrogen and oxygen atoms in total. The van der Waals surface area contributed by atoms with Gasteiger partial charge >= 0.3 is 0 Å². The van der Waals surface area contributed by atoms with Crippen LogP contribution in [0.15, 0.2) is 11.6 Å². The Bertz CT molecular complexity index is 349. The molecular weight excluding hydrogens is 248 g/mol. The van der Waals surface area contributed by atoms with Crippen LogP contribution in [0.1, 0.15) is 40.5 Å². The van der Waals surface area contributed by atoms with E-state index < -0.39 is 0 Å². The predicted octanol–water partition coefficient (Wildman–Crippen LogP) is 1.61. The van der Waals surface area contributed by atoms with E-state index in [2.05, 4.69) is 45.8 Å². The average molecular weight is 281 g/mol. The molecule has 0 spiro atoms. The minimum absolute atomic E-state index is 0.226. The molecule has 1 aliphatic carbocycles. The SMILES string of the molecule is CC(=O)N(CCC[NH+](C)C)C[C@H]1[C@H](C)C=C(C)C[C@@H]1C. The van der Waals surface area contributed by atoms with E-state index in [4.69, 9.17) is 0 Å². The van der Waals surface area contributed by atoms with Crippen LogP contribution < -0.4 is 4.90 Å². The van der Waals surface area contributed by atoms with Gasteiger partial charge in [0.05, 0.1) is 20.6 Å². The van der Waals surface area contributed by atoms with E-state index in [0.29, 0.717) is 17.8 Å². The molecule has 0 heterocycles. The molecule has 1 N–H and O–H groups in total. The first-order valence-corrected chi connectivity index (χ1v) is 8.03. The van der Waals surface area contributed by atoms with E-state index >= 15 is 0 Å². The fraction of sp³-hybridized carbons (Fsp3) is 0.824. The Balaban J connectivity index is 2.59. The van der Waals surface area contributed by atoms with Gasteiger partial charge in [0.2, 0.25) is 5.91 Å². The van der Waals surface area contributed by atoms with Gasteiger partial charge in [0.15, 0.2) is 0 Å². The van der Waals surface area contributed by atoms with Gasteiger partial charge in [0, 0.05) is 26.4 Å². The van der Waals surface area contributed by atoms with Crippen LogP contribution in [0.25, 0.3) is 0 Å². The molecule has 0 saturated heterocycles. The van der Waals surface area contributed by atoms with Crippen molar-refractivity contribution in [2.75, 3.05) is 33.7 Å². The van der Waals surface area contributed by atoms with Crippen molar-refractivity contribution in [3.05, 3.63) is 11.6 Å². The van der Waals surface area contributed by atoms with Crippen LogP contribution in [0, 0.1) is 17.8 Å². The maximum atomic E-state index is 11.9. The van der Waals surface area contributed by atoms with Gasteiger partial charge in [-0.2, -0.15) is 0 Å². The normalized spacial score (nSPS) is 26.6. The van der Waals surface area contributed by atoms with Gasteiger partial charge < -0.3 is 9.80 Å². The summed E-state index contributed by atoms with van der Waals surface area (Å²) in [4.78, 5) is 15.4. The van der Waals surface area contributed by atoms with Crippen LogP contribution in [0.3, 0.4) is 0 Å². The highest BCUT2D eigenvalue weighted by Crippen LogP contribution is 2.34. The van der Waals surface area contributed by atoms with Crippen molar-refractivity contribution in [2.45, 2.75) is 40.5 Å². The predicted molar refractivity (Wildman–Crippen MR) is 84.7 cm³/mol. The van der Waals surface area contributed by atoms with Gasteiger partial charge in [-0.3, -0.25) is 4.79 Å². The van der Waals surface area contributed by atoms with Crippen molar-refractivity contribution in [3.8, 4) is 0 Å². The number of amides is 1. The Morgan fingerprint density at radius 1 is 1.40 bits per heavy atom. The molecule has 3 atom stereocenters. The fourth-order valence-electron chi connectivity index (χ4n) is 3.42. The molecular formula is C17H33N2O+. The summed E-state index contributed by atoms with van der Waals surface area (Å²) in [5.74, 6) is 2.09. The van der Waals surface area contributed by atoms with Crippen molar-refractivity contribution >= 4 is 5.91 Å². The zero-order valence-corrected chi connectivity index (χ0v) is 14.2. The third kappa shape index (κ3) is 5.28. The van der Waals surface area contributed by atoms with Crippen molar-refractivity contribution in [1.29, 1.82) is 0 Å². The molecule has 0 radical (unpaired) electrons. The summed E-state index contributed by atoms with van der Waals surface area (Å²) in [5.41, 5.74) is 1.51. The summed E-state index contributed by atoms with van der Waals surface area (Å²) in [6, 6.07) is 0. The summed E-state index contributed by atoms with van der Waals surface area (Å²) in [7, 11) is 4.33. The number of hydrogen-bond donors (Lipinski definition) is 1. The van der Waals surface area contributed by atoms with Crippen LogP contribution in [0.2, 0.25) is 0 Å². The van der Waals surface area contributed by atoms with E-state index in [9.17, 15) is 4.79 Å². The van der Waals surface area contributed by atoms with Crippen LogP contribution in [0.4, 0.5) is 0 Å². The number of nitrogens with zero attached hydrogens (tertiary/aromatic N) is 1. The van der Waals surface area contributed by atoms with Crippen molar-refractivity contribution in [2.24, 2.45) is 17.8 Å². The van der Waals surface area contributed by atoms with Crippen molar-refractivity contribution in [1.82, 2.24) is 4.90 Å². The van der Waals surface area contributed by atoms with Crippen LogP contribution in [-0.2, 0) is 4.79 Å². The topological polar surface area (TPSA) is 24.8 Å². The molecule has 0 aromatic heterocycles. The maximum Gasteiger partial charge on any atom is 0.219 e. The molecule has 0 fully saturated rings. The summed E-state index contributed by atoms with van der Waals surface area (Å²) < 4.78 is 0. The first kappa shape index (κ1) is 17.2. The Hall–Kier alpha value is -0.830. The minimum Gasteiger partial charge on any atom is -0.342 e. The van der Waals surface area contributed by atoms with Gasteiger partial charge in [-0.05, 0) is 31.1 Å². The Morgan fingerprint density at radius 3 is 2.55 bits per heavy atom. The summed E-state index contributed by atoms with van der Waals surface area (Å²) in [6.07, 6.45) is 4.67. The molecule has 1 amide bonds. The van der Waals surface area contributed by atoms with Gasteiger partial charge in [0.1, 0.15) is 0 Å². The van der Waals surface area contributed by atoms with Gasteiger partial charge in [-0.25, -0.2) is 0 Å². The number of nitrogens with one attached hydrogen (secondary N) is 1. The zero-order valence-electron chi connectivity index (χ0n) is 14.2. The quantitative estimate of drug-likeness (QED) is 0.735. The number of rotatable bonds is 6. The molecule has 0 aromatic carbocycles. The molecule has 0 aromatic rings. The largest absolute Gasteiger partial charge is 0.342 e. The first-order chi connectivity index (χ1) is 9.31. The van der Waals surface area contributed by atoms with E-state index in [1.807, 2.05) is 0 Å². The third-order valence-electron chi connectivity index (χ3n) is 4.58. The third-order valence-corrected chi connectivity index (χ3v) is 4.58. The smallest absolute Gasteiger partial charge is 0.219 e. The van der Waals surface area contributed by atoms with Gasteiger partial charge in [-0.1, -0.05) is 25.5 Å². The molecule has 3 heteroatoms. The highest BCUT2D eigenvalue weighted by atomic mass is 16.2. The van der Waals surface area contributed by atoms with Gasteiger partial charge in [0.25, 0.3) is 0 Å². The van der Waals surface area contributed by atoms with Crippen molar-refractivity contribution < 1.29 is 9.69 Å². The zero-order chi connectivity index (χ0) is 15.3. The maximum absolute atomic E-state index is 11.9. The lowest BCUT2D eigenvalue weighted by molar-refractivity contribution is -0.858. The molecule has 0 saturated carbocycles. The Labute approximate surface area is 125 Å². The number of allylic oxidation sites excluding steroid dienone is 2. The molecule has 0 aliphatic heterocycles. The van der Waals surface area contributed by atoms with E-state index in [1.54, 1.807) is 6.92 Å². The molecule has 0 bridgehead atoms.